The van der Waals surface area contributed by atoms with Gasteiger partial charge < -0.3 is 9.32 Å². The Kier molecular flexibility index (Phi) is 3.10. The molecule has 8 rings (SSSR count). The summed E-state index contributed by atoms with van der Waals surface area (Å²) in [6.07, 6.45) is 8.88. The van der Waals surface area contributed by atoms with Gasteiger partial charge >= 0.3 is 0 Å². The minimum atomic E-state index is 0.0720. The number of benzene rings is 1. The highest BCUT2D eigenvalue weighted by atomic mass is 16.3. The molecule has 4 aliphatic carbocycles. The molecule has 1 atom stereocenters. The molecule has 3 nitrogen and oxygen atoms in total. The molecule has 3 heteroatoms. The van der Waals surface area contributed by atoms with E-state index in [-0.39, 0.29) is 11.6 Å². The van der Waals surface area contributed by atoms with Gasteiger partial charge in [-0.15, -0.1) is 0 Å². The molecule has 0 saturated heterocycles. The number of aromatic nitrogens is 1. The van der Waals surface area contributed by atoms with Gasteiger partial charge in [-0.1, -0.05) is 18.2 Å². The van der Waals surface area contributed by atoms with Crippen molar-refractivity contribution in [3.05, 3.63) is 59.5 Å². The first kappa shape index (κ1) is 16.5. The third-order valence-electron chi connectivity index (χ3n) is 8.82. The van der Waals surface area contributed by atoms with Crippen LogP contribution in [-0.2, 0) is 5.54 Å². The Bertz CT molecular complexity index is 1100. The highest BCUT2D eigenvalue weighted by molar-refractivity contribution is 5.84. The van der Waals surface area contributed by atoms with Crippen LogP contribution in [0.1, 0.15) is 62.0 Å². The smallest absolute Gasteiger partial charge is 0.226 e. The molecule has 5 aliphatic rings. The summed E-state index contributed by atoms with van der Waals surface area (Å²) in [5.74, 6) is 4.51. The van der Waals surface area contributed by atoms with Crippen molar-refractivity contribution in [1.82, 2.24) is 4.98 Å². The van der Waals surface area contributed by atoms with E-state index >= 15 is 0 Å². The van der Waals surface area contributed by atoms with E-state index in [4.69, 9.17) is 4.42 Å². The van der Waals surface area contributed by atoms with Crippen molar-refractivity contribution in [2.45, 2.75) is 57.5 Å². The molecule has 1 aliphatic heterocycles. The predicted octanol–water partition coefficient (Wildman–Crippen LogP) is 6.37. The van der Waals surface area contributed by atoms with E-state index in [9.17, 15) is 0 Å². The lowest BCUT2D eigenvalue weighted by molar-refractivity contribution is -0.0596. The zero-order chi connectivity index (χ0) is 19.3. The topological polar surface area (TPSA) is 29.3 Å². The minimum Gasteiger partial charge on any atom is -0.440 e. The first-order valence-corrected chi connectivity index (χ1v) is 11.4. The lowest BCUT2D eigenvalue weighted by Crippen LogP contribution is -2.62. The Morgan fingerprint density at radius 3 is 2.41 bits per heavy atom. The molecule has 29 heavy (non-hydrogen) atoms. The fraction of sp³-hybridized carbons (Fsp3) is 0.500. The summed E-state index contributed by atoms with van der Waals surface area (Å²) in [5.41, 5.74) is 5.17. The van der Waals surface area contributed by atoms with Crippen LogP contribution >= 0.6 is 0 Å². The van der Waals surface area contributed by atoms with Crippen LogP contribution in [0.2, 0.25) is 0 Å². The van der Waals surface area contributed by atoms with Crippen molar-refractivity contribution in [3.8, 4) is 0 Å². The standard InChI is InChI=1S/C26H28N2O/c1-15-6-3-4-8-22(15)28-16(2)24-23(21-7-5-9-27-25(21)29-24)26(28)19-11-17-10-18(13-19)14-20(26)12-17/h3-9,16-20H,10-14H2,1-2H3. The van der Waals surface area contributed by atoms with Gasteiger partial charge in [0.25, 0.3) is 0 Å². The van der Waals surface area contributed by atoms with Gasteiger partial charge in [-0.3, -0.25) is 0 Å². The van der Waals surface area contributed by atoms with Crippen LogP contribution in [0.25, 0.3) is 11.1 Å². The SMILES string of the molecule is Cc1ccccc1N1C(C)c2oc3ncccc3c2C12C1CC3CC(C1)CC2C3. The average molecular weight is 385 g/mol. The van der Waals surface area contributed by atoms with Crippen LogP contribution in [-0.4, -0.2) is 4.98 Å². The Balaban J connectivity index is 1.55. The number of furan rings is 1. The molecule has 2 aromatic heterocycles. The molecular formula is C26H28N2O. The van der Waals surface area contributed by atoms with Crippen molar-refractivity contribution in [3.63, 3.8) is 0 Å². The zero-order valence-corrected chi connectivity index (χ0v) is 17.3. The Morgan fingerprint density at radius 2 is 1.69 bits per heavy atom. The van der Waals surface area contributed by atoms with Gasteiger partial charge in [-0.05, 0) is 93.4 Å². The van der Waals surface area contributed by atoms with Gasteiger partial charge in [0.15, 0.2) is 0 Å². The molecule has 0 radical (unpaired) electrons. The second-order valence-corrected chi connectivity index (χ2v) is 10.2. The van der Waals surface area contributed by atoms with Crippen LogP contribution in [0.15, 0.2) is 47.0 Å². The summed E-state index contributed by atoms with van der Waals surface area (Å²) >= 11 is 0. The maximum atomic E-state index is 6.49. The first-order chi connectivity index (χ1) is 14.2. The number of aryl methyl sites for hydroxylation is 1. The number of hydrogen-bond donors (Lipinski definition) is 0. The number of para-hydroxylation sites is 1. The van der Waals surface area contributed by atoms with Gasteiger partial charge in [0.2, 0.25) is 5.71 Å². The molecule has 148 valence electrons. The van der Waals surface area contributed by atoms with Crippen molar-refractivity contribution >= 4 is 16.8 Å². The number of pyridine rings is 1. The minimum absolute atomic E-state index is 0.0720. The fourth-order valence-electron chi connectivity index (χ4n) is 8.16. The van der Waals surface area contributed by atoms with Gasteiger partial charge in [0, 0.05) is 22.8 Å². The zero-order valence-electron chi connectivity index (χ0n) is 17.3. The number of nitrogens with zero attached hydrogens (tertiary/aromatic N) is 2. The Morgan fingerprint density at radius 1 is 0.966 bits per heavy atom. The van der Waals surface area contributed by atoms with E-state index in [0.29, 0.717) is 0 Å². The van der Waals surface area contributed by atoms with E-state index < -0.39 is 0 Å². The van der Waals surface area contributed by atoms with Crippen LogP contribution in [0.5, 0.6) is 0 Å². The predicted molar refractivity (Wildman–Crippen MR) is 115 cm³/mol. The fourth-order valence-corrected chi connectivity index (χ4v) is 8.16. The highest BCUT2D eigenvalue weighted by Crippen LogP contribution is 2.69. The van der Waals surface area contributed by atoms with Gasteiger partial charge in [0.1, 0.15) is 5.76 Å². The van der Waals surface area contributed by atoms with E-state index in [1.807, 2.05) is 6.20 Å². The molecule has 3 aromatic rings. The van der Waals surface area contributed by atoms with Crippen LogP contribution in [0, 0.1) is 30.6 Å². The second-order valence-electron chi connectivity index (χ2n) is 10.2. The molecule has 0 amide bonds. The molecule has 3 heterocycles. The number of anilines is 1. The highest BCUT2D eigenvalue weighted by Gasteiger charge is 2.66. The Hall–Kier alpha value is -2.29. The van der Waals surface area contributed by atoms with Gasteiger partial charge in [-0.2, -0.15) is 0 Å². The summed E-state index contributed by atoms with van der Waals surface area (Å²) < 4.78 is 6.49. The normalized spacial score (nSPS) is 37.0. The molecule has 1 spiro atoms. The quantitative estimate of drug-likeness (QED) is 0.488. The van der Waals surface area contributed by atoms with Gasteiger partial charge in [0.05, 0.1) is 11.6 Å². The summed E-state index contributed by atoms with van der Waals surface area (Å²) in [6, 6.07) is 13.6. The number of hydrogen-bond acceptors (Lipinski definition) is 3. The first-order valence-electron chi connectivity index (χ1n) is 11.4. The molecule has 0 N–H and O–H groups in total. The van der Waals surface area contributed by atoms with Crippen molar-refractivity contribution in [2.24, 2.45) is 23.7 Å². The maximum Gasteiger partial charge on any atom is 0.226 e. The number of fused-ring (bicyclic) bond motifs is 3. The molecule has 4 bridgehead atoms. The lowest BCUT2D eigenvalue weighted by Gasteiger charge is -2.64. The maximum absolute atomic E-state index is 6.49. The van der Waals surface area contributed by atoms with Crippen molar-refractivity contribution in [1.29, 1.82) is 0 Å². The molecule has 1 aromatic carbocycles. The lowest BCUT2D eigenvalue weighted by atomic mass is 9.47. The number of rotatable bonds is 1. The van der Waals surface area contributed by atoms with E-state index in [1.165, 1.54) is 60.1 Å². The van der Waals surface area contributed by atoms with Gasteiger partial charge in [-0.25, -0.2) is 4.98 Å². The van der Waals surface area contributed by atoms with Crippen molar-refractivity contribution in [2.75, 3.05) is 4.90 Å². The molecular weight excluding hydrogens is 356 g/mol. The molecule has 4 saturated carbocycles. The average Bonchev–Trinajstić information content (AvgIpc) is 3.21. The Labute approximate surface area is 172 Å². The summed E-state index contributed by atoms with van der Waals surface area (Å²) in [5, 5.41) is 1.26. The summed E-state index contributed by atoms with van der Waals surface area (Å²) in [6.45, 7) is 4.62. The molecule has 1 unspecified atom stereocenters. The molecule has 4 fully saturated rings. The van der Waals surface area contributed by atoms with E-state index in [1.54, 1.807) is 0 Å². The third-order valence-corrected chi connectivity index (χ3v) is 8.82. The van der Waals surface area contributed by atoms with E-state index in [0.717, 1.165) is 29.4 Å². The summed E-state index contributed by atoms with van der Waals surface area (Å²) in [4.78, 5) is 7.41. The largest absolute Gasteiger partial charge is 0.440 e. The second kappa shape index (κ2) is 5.44. The van der Waals surface area contributed by atoms with Crippen LogP contribution in [0.4, 0.5) is 5.69 Å². The van der Waals surface area contributed by atoms with E-state index in [2.05, 4.69) is 60.1 Å². The summed E-state index contributed by atoms with van der Waals surface area (Å²) in [7, 11) is 0. The van der Waals surface area contributed by atoms with Crippen LogP contribution < -0.4 is 4.90 Å². The van der Waals surface area contributed by atoms with Crippen molar-refractivity contribution < 1.29 is 4.42 Å². The monoisotopic (exact) mass is 384 g/mol. The third kappa shape index (κ3) is 1.88. The van der Waals surface area contributed by atoms with Crippen LogP contribution in [0.3, 0.4) is 0 Å².